The quantitative estimate of drug-likeness (QED) is 0.612. The van der Waals surface area contributed by atoms with Gasteiger partial charge >= 0.3 is 18.4 Å². The second kappa shape index (κ2) is 6.83. The van der Waals surface area contributed by atoms with Crippen LogP contribution in [-0.4, -0.2) is 6.03 Å². The van der Waals surface area contributed by atoms with Crippen molar-refractivity contribution in [2.45, 2.75) is 12.4 Å². The van der Waals surface area contributed by atoms with E-state index in [0.717, 1.165) is 18.2 Å². The maximum absolute atomic E-state index is 12.6. The zero-order valence-corrected chi connectivity index (χ0v) is 12.9. The van der Waals surface area contributed by atoms with E-state index in [2.05, 4.69) is 10.6 Å². The summed E-state index contributed by atoms with van der Waals surface area (Å²) in [5.74, 6) is 0. The topological polar surface area (TPSA) is 41.1 Å². The standard InChI is InChI=1S/C15H9ClF6N2O/c16-11-7-9(15(20,21)22)4-5-12(11)24-13(25)23-10-3-1-2-8(6-10)14(17,18)19/h1-7H,(H2,23,24,25). The van der Waals surface area contributed by atoms with Crippen molar-refractivity contribution in [3.05, 3.63) is 58.6 Å². The van der Waals surface area contributed by atoms with E-state index in [0.29, 0.717) is 18.2 Å². The molecule has 0 bridgehead atoms. The molecule has 0 spiro atoms. The number of carbonyl (C=O) groups is 1. The summed E-state index contributed by atoms with van der Waals surface area (Å²) < 4.78 is 75.4. The molecule has 25 heavy (non-hydrogen) atoms. The number of benzene rings is 2. The lowest BCUT2D eigenvalue weighted by atomic mass is 10.2. The minimum absolute atomic E-state index is 0.126. The summed E-state index contributed by atoms with van der Waals surface area (Å²) in [6, 6.07) is 5.20. The first-order valence-electron chi connectivity index (χ1n) is 6.59. The maximum Gasteiger partial charge on any atom is 0.416 e. The third-order valence-electron chi connectivity index (χ3n) is 2.99. The van der Waals surface area contributed by atoms with Gasteiger partial charge in [0.1, 0.15) is 0 Å². The molecule has 0 aromatic heterocycles. The number of halogens is 7. The molecule has 2 N–H and O–H groups in total. The number of urea groups is 1. The second-order valence-corrected chi connectivity index (χ2v) is 5.26. The molecule has 0 radical (unpaired) electrons. The molecular formula is C15H9ClF6N2O. The largest absolute Gasteiger partial charge is 0.416 e. The molecule has 2 amide bonds. The van der Waals surface area contributed by atoms with Crippen LogP contribution in [0.3, 0.4) is 0 Å². The van der Waals surface area contributed by atoms with E-state index in [-0.39, 0.29) is 16.4 Å². The fraction of sp³-hybridized carbons (Fsp3) is 0.133. The van der Waals surface area contributed by atoms with Crippen LogP contribution in [0.4, 0.5) is 42.5 Å². The van der Waals surface area contributed by atoms with E-state index in [4.69, 9.17) is 11.6 Å². The third kappa shape index (κ3) is 5.02. The van der Waals surface area contributed by atoms with Gasteiger partial charge in [0.25, 0.3) is 0 Å². The maximum atomic E-state index is 12.6. The van der Waals surface area contributed by atoms with Crippen LogP contribution in [0, 0.1) is 0 Å². The highest BCUT2D eigenvalue weighted by Crippen LogP contribution is 2.34. The number of rotatable bonds is 2. The monoisotopic (exact) mass is 382 g/mol. The fourth-order valence-corrected chi connectivity index (χ4v) is 2.08. The van der Waals surface area contributed by atoms with E-state index in [1.807, 2.05) is 0 Å². The minimum Gasteiger partial charge on any atom is -0.308 e. The second-order valence-electron chi connectivity index (χ2n) is 4.85. The summed E-state index contributed by atoms with van der Waals surface area (Å²) in [5.41, 5.74) is -2.23. The molecule has 0 aliphatic heterocycles. The number of anilines is 2. The average Bonchev–Trinajstić information content (AvgIpc) is 2.47. The van der Waals surface area contributed by atoms with Gasteiger partial charge in [0, 0.05) is 5.69 Å². The highest BCUT2D eigenvalue weighted by atomic mass is 35.5. The average molecular weight is 383 g/mol. The number of hydrogen-bond donors (Lipinski definition) is 2. The number of amides is 2. The first-order valence-corrected chi connectivity index (χ1v) is 6.96. The molecule has 2 aromatic carbocycles. The van der Waals surface area contributed by atoms with Crippen LogP contribution in [-0.2, 0) is 12.4 Å². The van der Waals surface area contributed by atoms with Gasteiger partial charge in [-0.3, -0.25) is 0 Å². The molecule has 0 aliphatic rings. The molecule has 2 aromatic rings. The van der Waals surface area contributed by atoms with Gasteiger partial charge < -0.3 is 10.6 Å². The van der Waals surface area contributed by atoms with E-state index in [9.17, 15) is 31.1 Å². The summed E-state index contributed by atoms with van der Waals surface area (Å²) in [6.45, 7) is 0. The Morgan fingerprint density at radius 3 is 2.00 bits per heavy atom. The molecule has 10 heteroatoms. The lowest BCUT2D eigenvalue weighted by molar-refractivity contribution is -0.138. The Balaban J connectivity index is 2.11. The predicted molar refractivity (Wildman–Crippen MR) is 80.5 cm³/mol. The Hall–Kier alpha value is -2.42. The summed E-state index contributed by atoms with van der Waals surface area (Å²) >= 11 is 5.68. The minimum atomic E-state index is -4.59. The Morgan fingerprint density at radius 1 is 0.840 bits per heavy atom. The zero-order chi connectivity index (χ0) is 18.8. The van der Waals surface area contributed by atoms with E-state index < -0.39 is 29.5 Å². The van der Waals surface area contributed by atoms with Gasteiger partial charge in [-0.05, 0) is 36.4 Å². The molecule has 134 valence electrons. The van der Waals surface area contributed by atoms with Crippen molar-refractivity contribution in [3.63, 3.8) is 0 Å². The Bertz CT molecular complexity index is 788. The lowest BCUT2D eigenvalue weighted by Gasteiger charge is -2.13. The van der Waals surface area contributed by atoms with E-state index >= 15 is 0 Å². The van der Waals surface area contributed by atoms with Crippen LogP contribution in [0.1, 0.15) is 11.1 Å². The van der Waals surface area contributed by atoms with Gasteiger partial charge in [-0.25, -0.2) is 4.79 Å². The predicted octanol–water partition coefficient (Wildman–Crippen LogP) is 6.02. The molecule has 0 unspecified atom stereocenters. The fourth-order valence-electron chi connectivity index (χ4n) is 1.85. The Kier molecular flexibility index (Phi) is 5.17. The van der Waals surface area contributed by atoms with Crippen molar-refractivity contribution in [2.75, 3.05) is 10.6 Å². The molecule has 0 saturated heterocycles. The van der Waals surface area contributed by atoms with Crippen LogP contribution in [0.15, 0.2) is 42.5 Å². The van der Waals surface area contributed by atoms with Gasteiger partial charge in [-0.15, -0.1) is 0 Å². The van der Waals surface area contributed by atoms with Crippen molar-refractivity contribution in [2.24, 2.45) is 0 Å². The molecule has 0 heterocycles. The van der Waals surface area contributed by atoms with Gasteiger partial charge in [0.05, 0.1) is 21.8 Å². The van der Waals surface area contributed by atoms with Gasteiger partial charge in [0.2, 0.25) is 0 Å². The summed E-state index contributed by atoms with van der Waals surface area (Å²) in [7, 11) is 0. The third-order valence-corrected chi connectivity index (χ3v) is 3.31. The van der Waals surface area contributed by atoms with E-state index in [1.54, 1.807) is 0 Å². The van der Waals surface area contributed by atoms with Crippen LogP contribution in [0.5, 0.6) is 0 Å². The van der Waals surface area contributed by atoms with Crippen molar-refractivity contribution in [3.8, 4) is 0 Å². The molecule has 2 rings (SSSR count). The molecular weight excluding hydrogens is 374 g/mol. The lowest BCUT2D eigenvalue weighted by Crippen LogP contribution is -2.20. The van der Waals surface area contributed by atoms with Crippen LogP contribution >= 0.6 is 11.6 Å². The van der Waals surface area contributed by atoms with Crippen LogP contribution in [0.2, 0.25) is 5.02 Å². The van der Waals surface area contributed by atoms with Crippen LogP contribution in [0.25, 0.3) is 0 Å². The number of hydrogen-bond acceptors (Lipinski definition) is 1. The zero-order valence-electron chi connectivity index (χ0n) is 12.1. The first kappa shape index (κ1) is 18.9. The first-order chi connectivity index (χ1) is 11.5. The molecule has 0 atom stereocenters. The molecule has 0 fully saturated rings. The van der Waals surface area contributed by atoms with Gasteiger partial charge in [0.15, 0.2) is 0 Å². The smallest absolute Gasteiger partial charge is 0.308 e. The molecule has 0 saturated carbocycles. The number of carbonyl (C=O) groups excluding carboxylic acids is 1. The van der Waals surface area contributed by atoms with Crippen molar-refractivity contribution < 1.29 is 31.1 Å². The molecule has 0 aliphatic carbocycles. The SMILES string of the molecule is O=C(Nc1cccc(C(F)(F)F)c1)Nc1ccc(C(F)(F)F)cc1Cl. The van der Waals surface area contributed by atoms with Gasteiger partial charge in [-0.2, -0.15) is 26.3 Å². The van der Waals surface area contributed by atoms with Crippen molar-refractivity contribution in [1.82, 2.24) is 0 Å². The summed E-state index contributed by atoms with van der Waals surface area (Å²) in [6.07, 6.45) is -9.17. The number of nitrogens with one attached hydrogen (secondary N) is 2. The highest BCUT2D eigenvalue weighted by molar-refractivity contribution is 6.33. The Morgan fingerprint density at radius 2 is 1.44 bits per heavy atom. The summed E-state index contributed by atoms with van der Waals surface area (Å²) in [5, 5.41) is 3.94. The summed E-state index contributed by atoms with van der Waals surface area (Å²) in [4.78, 5) is 11.8. The molecule has 3 nitrogen and oxygen atoms in total. The van der Waals surface area contributed by atoms with E-state index in [1.165, 1.54) is 6.07 Å². The van der Waals surface area contributed by atoms with Crippen molar-refractivity contribution >= 4 is 29.0 Å². The Labute approximate surface area is 142 Å². The van der Waals surface area contributed by atoms with Gasteiger partial charge in [-0.1, -0.05) is 17.7 Å². The number of alkyl halides is 6. The highest BCUT2D eigenvalue weighted by Gasteiger charge is 2.31. The van der Waals surface area contributed by atoms with Crippen LogP contribution < -0.4 is 10.6 Å². The normalized spacial score (nSPS) is 12.0. The van der Waals surface area contributed by atoms with Crippen molar-refractivity contribution in [1.29, 1.82) is 0 Å².